The van der Waals surface area contributed by atoms with Gasteiger partial charge in [0.05, 0.1) is 11.2 Å². The van der Waals surface area contributed by atoms with E-state index in [-0.39, 0.29) is 39.6 Å². The first-order valence-electron chi connectivity index (χ1n) is 13.6. The summed E-state index contributed by atoms with van der Waals surface area (Å²) in [4.78, 5) is 26.8. The summed E-state index contributed by atoms with van der Waals surface area (Å²) in [6, 6.07) is 0. The number of rotatable bonds is 19. The van der Waals surface area contributed by atoms with Gasteiger partial charge in [0.2, 0.25) is 0 Å². The molecule has 0 radical (unpaired) electrons. The van der Waals surface area contributed by atoms with E-state index in [1.54, 1.807) is 83.1 Å². The molecule has 0 fully saturated rings. The van der Waals surface area contributed by atoms with Crippen LogP contribution in [0, 0.1) is 0 Å². The van der Waals surface area contributed by atoms with E-state index in [4.69, 9.17) is 44.3 Å². The summed E-state index contributed by atoms with van der Waals surface area (Å²) >= 11 is 0. The smallest absolute Gasteiger partial charge is 0.442 e. The van der Waals surface area contributed by atoms with Crippen LogP contribution in [0.1, 0.15) is 90.0 Å². The summed E-state index contributed by atoms with van der Waals surface area (Å²) in [5, 5.41) is -1.40. The van der Waals surface area contributed by atoms with Crippen LogP contribution >= 0.6 is 0 Å². The van der Waals surface area contributed by atoms with Gasteiger partial charge in [0.1, 0.15) is 0 Å². The molecule has 0 saturated carbocycles. The fourth-order valence-electron chi connectivity index (χ4n) is 3.70. The van der Waals surface area contributed by atoms with Crippen molar-refractivity contribution in [2.75, 3.05) is 39.6 Å². The molecule has 0 rings (SSSR count). The van der Waals surface area contributed by atoms with Gasteiger partial charge in [0.15, 0.2) is 5.16 Å². The molecule has 232 valence electrons. The predicted molar refractivity (Wildman–Crippen MR) is 150 cm³/mol. The van der Waals surface area contributed by atoms with Gasteiger partial charge < -0.3 is 44.3 Å². The van der Waals surface area contributed by atoms with Crippen molar-refractivity contribution in [1.82, 2.24) is 0 Å². The van der Waals surface area contributed by atoms with Crippen molar-refractivity contribution in [3.63, 3.8) is 0 Å². The van der Waals surface area contributed by atoms with Crippen LogP contribution in [0.25, 0.3) is 0 Å². The highest BCUT2D eigenvalue weighted by molar-refractivity contribution is 6.87. The third-order valence-electron chi connectivity index (χ3n) is 4.37. The highest BCUT2D eigenvalue weighted by atomic mass is 28.5. The van der Waals surface area contributed by atoms with Gasteiger partial charge >= 0.3 is 32.6 Å². The highest BCUT2D eigenvalue weighted by Gasteiger charge is 2.72. The Kier molecular flexibility index (Phi) is 16.3. The number of carbonyl (C=O) groups excluding carboxylic acids is 2. The lowest BCUT2D eigenvalue weighted by Crippen LogP contribution is -2.68. The molecule has 0 aromatic rings. The van der Waals surface area contributed by atoms with Crippen molar-refractivity contribution >= 4 is 38.6 Å². The minimum Gasteiger partial charge on any atom is -0.442 e. The summed E-state index contributed by atoms with van der Waals surface area (Å²) in [6.45, 7) is 23.1. The van der Waals surface area contributed by atoms with E-state index in [0.717, 1.165) is 0 Å². The van der Waals surface area contributed by atoms with Gasteiger partial charge in [-0.3, -0.25) is 9.59 Å². The van der Waals surface area contributed by atoms with Crippen LogP contribution in [0.3, 0.4) is 0 Å². The summed E-state index contributed by atoms with van der Waals surface area (Å²) in [5.74, 6) is -1.69. The van der Waals surface area contributed by atoms with Crippen molar-refractivity contribution in [3.8, 4) is 0 Å². The summed E-state index contributed by atoms with van der Waals surface area (Å²) in [7, 11) is -12.6. The third-order valence-corrected chi connectivity index (χ3v) is 15.2. The fraction of sp³-hybridized carbons (Fsp3) is 0.917. The Morgan fingerprint density at radius 1 is 0.564 bits per heavy atom. The predicted octanol–water partition coefficient (Wildman–Crippen LogP) is 4.16. The average Bonchev–Trinajstić information content (AvgIpc) is 2.71. The van der Waals surface area contributed by atoms with E-state index < -0.39 is 55.0 Å². The molecule has 0 bridgehead atoms. The number of hydrogen-bond donors (Lipinski definition) is 0. The van der Waals surface area contributed by atoms with E-state index in [1.165, 1.54) is 6.92 Å². The Bertz CT molecular complexity index is 663. The second-order valence-corrected chi connectivity index (χ2v) is 17.9. The lowest BCUT2D eigenvalue weighted by Gasteiger charge is -2.42. The standard InChI is InChI=1S/C24H52O12Si3/c1-14-27-37(28-15-2,29-16-3)22(38(30-17-4,31-18-5)32-19-6)21(26)34-39(33-20(7)25,35-23(8,9)10)36-24(11,12)13/h22H,14-19H2,1-13H3. The zero-order valence-electron chi connectivity index (χ0n) is 26.2. The molecular formula is C24H52O12Si3. The van der Waals surface area contributed by atoms with Crippen molar-refractivity contribution in [2.45, 2.75) is 106 Å². The third kappa shape index (κ3) is 12.4. The second kappa shape index (κ2) is 16.6. The van der Waals surface area contributed by atoms with Gasteiger partial charge in [-0.2, -0.15) is 0 Å². The van der Waals surface area contributed by atoms with Gasteiger partial charge in [-0.1, -0.05) is 0 Å². The van der Waals surface area contributed by atoms with Crippen molar-refractivity contribution in [3.05, 3.63) is 0 Å². The lowest BCUT2D eigenvalue weighted by molar-refractivity contribution is -0.162. The maximum absolute atomic E-state index is 14.5. The molecule has 0 amide bonds. The average molecular weight is 617 g/mol. The topological polar surface area (TPSA) is 126 Å². The summed E-state index contributed by atoms with van der Waals surface area (Å²) in [5.41, 5.74) is -1.85. The SMILES string of the molecule is CCO[Si](OCC)(OCC)C(C(=O)O[Si](OC(C)=O)(OC(C)(C)C)OC(C)(C)C)[Si](OCC)(OCC)OCC. The summed E-state index contributed by atoms with van der Waals surface area (Å²) < 4.78 is 60.8. The molecule has 39 heavy (non-hydrogen) atoms. The fourth-order valence-corrected chi connectivity index (χ4v) is 14.2. The van der Waals surface area contributed by atoms with Crippen LogP contribution in [-0.2, 0) is 53.8 Å². The van der Waals surface area contributed by atoms with Crippen LogP contribution in [0.5, 0.6) is 0 Å². The first-order chi connectivity index (χ1) is 17.9. The molecule has 0 saturated heterocycles. The van der Waals surface area contributed by atoms with E-state index in [0.29, 0.717) is 0 Å². The van der Waals surface area contributed by atoms with Crippen molar-refractivity contribution in [1.29, 1.82) is 0 Å². The van der Waals surface area contributed by atoms with E-state index in [1.807, 2.05) is 0 Å². The zero-order chi connectivity index (χ0) is 30.5. The molecule has 0 aliphatic carbocycles. The first kappa shape index (κ1) is 38.3. The van der Waals surface area contributed by atoms with Crippen LogP contribution in [0.15, 0.2) is 0 Å². The molecule has 0 heterocycles. The minimum absolute atomic E-state index is 0.161. The van der Waals surface area contributed by atoms with Crippen LogP contribution in [0.4, 0.5) is 0 Å². The molecule has 12 nitrogen and oxygen atoms in total. The van der Waals surface area contributed by atoms with Gasteiger partial charge in [0.25, 0.3) is 5.97 Å². The maximum Gasteiger partial charge on any atom is 0.825 e. The molecule has 0 atom stereocenters. The molecular weight excluding hydrogens is 565 g/mol. The monoisotopic (exact) mass is 616 g/mol. The van der Waals surface area contributed by atoms with Crippen molar-refractivity contribution < 1.29 is 53.8 Å². The van der Waals surface area contributed by atoms with Gasteiger partial charge in [-0.15, -0.1) is 0 Å². The molecule has 15 heteroatoms. The maximum atomic E-state index is 14.5. The van der Waals surface area contributed by atoms with E-state index >= 15 is 0 Å². The number of carbonyl (C=O) groups is 2. The Morgan fingerprint density at radius 2 is 0.846 bits per heavy atom. The van der Waals surface area contributed by atoms with E-state index in [2.05, 4.69) is 0 Å². The largest absolute Gasteiger partial charge is 0.825 e. The van der Waals surface area contributed by atoms with Crippen LogP contribution in [0.2, 0.25) is 5.16 Å². The molecule has 0 aromatic carbocycles. The normalized spacial score (nSPS) is 13.6. The van der Waals surface area contributed by atoms with Crippen LogP contribution < -0.4 is 0 Å². The molecule has 0 N–H and O–H groups in total. The molecule has 0 unspecified atom stereocenters. The number of hydrogen-bond acceptors (Lipinski definition) is 12. The minimum atomic E-state index is -4.54. The Hall–Kier alpha value is -0.729. The Morgan fingerprint density at radius 3 is 1.05 bits per heavy atom. The van der Waals surface area contributed by atoms with Crippen molar-refractivity contribution in [2.24, 2.45) is 0 Å². The van der Waals surface area contributed by atoms with E-state index in [9.17, 15) is 9.59 Å². The van der Waals surface area contributed by atoms with Gasteiger partial charge in [-0.25, -0.2) is 0 Å². The molecule has 0 aromatic heterocycles. The van der Waals surface area contributed by atoms with Gasteiger partial charge in [0, 0.05) is 46.6 Å². The molecule has 0 aliphatic heterocycles. The van der Waals surface area contributed by atoms with Gasteiger partial charge in [-0.05, 0) is 83.1 Å². The molecule has 0 aliphatic rings. The Balaban J connectivity index is 7.44. The summed E-state index contributed by atoms with van der Waals surface area (Å²) in [6.07, 6.45) is 0. The molecule has 0 spiro atoms. The highest BCUT2D eigenvalue weighted by Crippen LogP contribution is 2.40. The second-order valence-electron chi connectivity index (χ2n) is 10.2. The zero-order valence-corrected chi connectivity index (χ0v) is 29.2. The Labute approximate surface area is 238 Å². The lowest BCUT2D eigenvalue weighted by atomic mass is 10.2. The quantitative estimate of drug-likeness (QED) is 0.193. The van der Waals surface area contributed by atoms with Crippen LogP contribution in [-0.4, -0.2) is 89.4 Å². The first-order valence-corrected chi connectivity index (χ1v) is 18.8.